The third kappa shape index (κ3) is 1.78. The van der Waals surface area contributed by atoms with Gasteiger partial charge in [0.25, 0.3) is 0 Å². The zero-order valence-corrected chi connectivity index (χ0v) is 8.51. The van der Waals surface area contributed by atoms with E-state index in [-0.39, 0.29) is 0 Å². The van der Waals surface area contributed by atoms with E-state index in [1.54, 1.807) is 11.3 Å². The maximum Gasteiger partial charge on any atom is 0.105 e. The van der Waals surface area contributed by atoms with Crippen molar-refractivity contribution in [3.05, 3.63) is 34.3 Å². The van der Waals surface area contributed by atoms with E-state index >= 15 is 0 Å². The van der Waals surface area contributed by atoms with Gasteiger partial charge in [0.15, 0.2) is 0 Å². The second kappa shape index (κ2) is 3.30. The van der Waals surface area contributed by atoms with Crippen LogP contribution in [0.4, 0.5) is 0 Å². The van der Waals surface area contributed by atoms with Crippen LogP contribution in [0.1, 0.15) is 16.5 Å². The van der Waals surface area contributed by atoms with E-state index in [0.717, 1.165) is 23.1 Å². The van der Waals surface area contributed by atoms with Gasteiger partial charge in [-0.25, -0.2) is 9.97 Å². The van der Waals surface area contributed by atoms with Crippen molar-refractivity contribution in [3.63, 3.8) is 0 Å². The topological polar surface area (TPSA) is 30.7 Å². The Morgan fingerprint density at radius 2 is 2.31 bits per heavy atom. The fraction of sp³-hybridized carbons (Fsp3) is 0.333. The predicted molar refractivity (Wildman–Crippen MR) is 52.9 cm³/mol. The molecule has 0 aliphatic rings. The van der Waals surface area contributed by atoms with Crippen LogP contribution in [0, 0.1) is 13.8 Å². The Morgan fingerprint density at radius 3 is 2.85 bits per heavy atom. The van der Waals surface area contributed by atoms with Crippen molar-refractivity contribution >= 4 is 11.3 Å². The molecule has 0 atom stereocenters. The molecule has 0 saturated heterocycles. The van der Waals surface area contributed by atoms with Crippen LogP contribution in [0.25, 0.3) is 0 Å². The van der Waals surface area contributed by atoms with Gasteiger partial charge in [0.1, 0.15) is 5.82 Å². The highest BCUT2D eigenvalue weighted by Crippen LogP contribution is 2.10. The third-order valence-corrected chi connectivity index (χ3v) is 2.74. The lowest BCUT2D eigenvalue weighted by Crippen LogP contribution is -2.00. The Hall–Kier alpha value is -1.16. The van der Waals surface area contributed by atoms with Gasteiger partial charge >= 0.3 is 0 Å². The molecular weight excluding hydrogens is 182 g/mol. The summed E-state index contributed by atoms with van der Waals surface area (Å²) < 4.78 is 2.09. The fourth-order valence-electron chi connectivity index (χ4n) is 1.23. The quantitative estimate of drug-likeness (QED) is 0.730. The molecule has 2 aromatic heterocycles. The van der Waals surface area contributed by atoms with Crippen molar-refractivity contribution in [1.82, 2.24) is 14.5 Å². The molecule has 2 aromatic rings. The van der Waals surface area contributed by atoms with Crippen LogP contribution in [0.2, 0.25) is 0 Å². The summed E-state index contributed by atoms with van der Waals surface area (Å²) in [4.78, 5) is 8.55. The van der Waals surface area contributed by atoms with Crippen molar-refractivity contribution in [2.75, 3.05) is 0 Å². The number of aromatic nitrogens is 3. The Kier molecular flexibility index (Phi) is 2.14. The highest BCUT2D eigenvalue weighted by molar-refractivity contribution is 7.09. The Morgan fingerprint density at radius 1 is 1.46 bits per heavy atom. The monoisotopic (exact) mass is 193 g/mol. The van der Waals surface area contributed by atoms with Crippen molar-refractivity contribution < 1.29 is 0 Å². The van der Waals surface area contributed by atoms with E-state index in [2.05, 4.69) is 19.9 Å². The first-order chi connectivity index (χ1) is 6.25. The molecule has 0 aromatic carbocycles. The predicted octanol–water partition coefficient (Wildman–Crippen LogP) is 2.00. The molecule has 2 rings (SSSR count). The average molecular weight is 193 g/mol. The van der Waals surface area contributed by atoms with E-state index in [1.165, 1.54) is 0 Å². The minimum Gasteiger partial charge on any atom is -0.329 e. The SMILES string of the molecule is Cc1nc(Cn2ccnc2C)cs1. The molecule has 68 valence electrons. The lowest BCUT2D eigenvalue weighted by molar-refractivity contribution is 0.745. The molecule has 0 amide bonds. The van der Waals surface area contributed by atoms with E-state index in [0.29, 0.717) is 0 Å². The Labute approximate surface area is 81.1 Å². The van der Waals surface area contributed by atoms with Crippen LogP contribution in [-0.4, -0.2) is 14.5 Å². The van der Waals surface area contributed by atoms with E-state index in [9.17, 15) is 0 Å². The molecule has 0 bridgehead atoms. The van der Waals surface area contributed by atoms with Crippen LogP contribution < -0.4 is 0 Å². The molecule has 0 N–H and O–H groups in total. The normalized spacial score (nSPS) is 10.6. The van der Waals surface area contributed by atoms with Crippen LogP contribution >= 0.6 is 11.3 Å². The summed E-state index contributed by atoms with van der Waals surface area (Å²) in [5.41, 5.74) is 1.11. The summed E-state index contributed by atoms with van der Waals surface area (Å²) in [6.07, 6.45) is 3.79. The molecule has 0 spiro atoms. The number of aryl methyl sites for hydroxylation is 2. The number of imidazole rings is 1. The lowest BCUT2D eigenvalue weighted by Gasteiger charge is -2.00. The second-order valence-corrected chi connectivity index (χ2v) is 4.02. The lowest BCUT2D eigenvalue weighted by atomic mass is 10.4. The smallest absolute Gasteiger partial charge is 0.105 e. The number of rotatable bonds is 2. The highest BCUT2D eigenvalue weighted by Gasteiger charge is 2.01. The van der Waals surface area contributed by atoms with Gasteiger partial charge in [-0.1, -0.05) is 0 Å². The van der Waals surface area contributed by atoms with Gasteiger partial charge in [0.05, 0.1) is 17.2 Å². The third-order valence-electron chi connectivity index (χ3n) is 1.92. The molecule has 0 aliphatic carbocycles. The van der Waals surface area contributed by atoms with Gasteiger partial charge in [-0.2, -0.15) is 0 Å². The van der Waals surface area contributed by atoms with Gasteiger partial charge < -0.3 is 4.57 Å². The molecular formula is C9H11N3S. The van der Waals surface area contributed by atoms with Gasteiger partial charge in [0.2, 0.25) is 0 Å². The summed E-state index contributed by atoms with van der Waals surface area (Å²) in [6.45, 7) is 4.85. The van der Waals surface area contributed by atoms with E-state index in [4.69, 9.17) is 0 Å². The molecule has 0 unspecified atom stereocenters. The summed E-state index contributed by atoms with van der Waals surface area (Å²) >= 11 is 1.69. The number of nitrogens with zero attached hydrogens (tertiary/aromatic N) is 3. The van der Waals surface area contributed by atoms with Gasteiger partial charge in [-0.3, -0.25) is 0 Å². The second-order valence-electron chi connectivity index (χ2n) is 2.96. The first kappa shape index (κ1) is 8.44. The standard InChI is InChI=1S/C9H11N3S/c1-7-10-3-4-12(7)5-9-6-13-8(2)11-9/h3-4,6H,5H2,1-2H3. The van der Waals surface area contributed by atoms with Crippen molar-refractivity contribution in [2.45, 2.75) is 20.4 Å². The maximum absolute atomic E-state index is 4.40. The van der Waals surface area contributed by atoms with Gasteiger partial charge in [0, 0.05) is 17.8 Å². The zero-order valence-electron chi connectivity index (χ0n) is 7.69. The summed E-state index contributed by atoms with van der Waals surface area (Å²) in [7, 11) is 0. The summed E-state index contributed by atoms with van der Waals surface area (Å²) in [5.74, 6) is 1.03. The molecule has 0 fully saturated rings. The van der Waals surface area contributed by atoms with Crippen LogP contribution in [-0.2, 0) is 6.54 Å². The average Bonchev–Trinajstić information content (AvgIpc) is 2.64. The van der Waals surface area contributed by atoms with Gasteiger partial charge in [-0.15, -0.1) is 11.3 Å². The highest BCUT2D eigenvalue weighted by atomic mass is 32.1. The van der Waals surface area contributed by atoms with Crippen LogP contribution in [0.5, 0.6) is 0 Å². The van der Waals surface area contributed by atoms with E-state index < -0.39 is 0 Å². The minimum atomic E-state index is 0.830. The largest absolute Gasteiger partial charge is 0.329 e. The first-order valence-electron chi connectivity index (χ1n) is 4.14. The van der Waals surface area contributed by atoms with E-state index in [1.807, 2.05) is 26.2 Å². The van der Waals surface area contributed by atoms with Crippen LogP contribution in [0.15, 0.2) is 17.8 Å². The summed E-state index contributed by atoms with van der Waals surface area (Å²) in [6, 6.07) is 0. The van der Waals surface area contributed by atoms with Crippen molar-refractivity contribution in [2.24, 2.45) is 0 Å². The molecule has 0 aliphatic heterocycles. The fourth-order valence-corrected chi connectivity index (χ4v) is 1.83. The number of thiazole rings is 1. The number of hydrogen-bond acceptors (Lipinski definition) is 3. The van der Waals surface area contributed by atoms with Crippen LogP contribution in [0.3, 0.4) is 0 Å². The zero-order chi connectivity index (χ0) is 9.26. The molecule has 3 nitrogen and oxygen atoms in total. The summed E-state index contributed by atoms with van der Waals surface area (Å²) in [5, 5.41) is 3.21. The molecule has 13 heavy (non-hydrogen) atoms. The van der Waals surface area contributed by atoms with Gasteiger partial charge in [-0.05, 0) is 13.8 Å². The van der Waals surface area contributed by atoms with Crippen molar-refractivity contribution in [3.8, 4) is 0 Å². The molecule has 0 saturated carbocycles. The maximum atomic E-state index is 4.40. The molecule has 2 heterocycles. The minimum absolute atomic E-state index is 0.830. The Balaban J connectivity index is 2.19. The van der Waals surface area contributed by atoms with Crippen molar-refractivity contribution in [1.29, 1.82) is 0 Å². The number of hydrogen-bond donors (Lipinski definition) is 0. The first-order valence-corrected chi connectivity index (χ1v) is 5.02. The molecule has 0 radical (unpaired) electrons. The Bertz CT molecular complexity index is 402. The molecule has 4 heteroatoms.